The molecule has 4 saturated heterocycles. The van der Waals surface area contributed by atoms with Crippen molar-refractivity contribution in [1.82, 2.24) is 0 Å². The quantitative estimate of drug-likeness (QED) is 0.0915. The Bertz CT molecular complexity index is 1170. The van der Waals surface area contributed by atoms with E-state index in [1.165, 1.54) is 7.11 Å². The molecule has 0 amide bonds. The summed E-state index contributed by atoms with van der Waals surface area (Å²) in [6.45, 7) is 14.3. The van der Waals surface area contributed by atoms with Crippen molar-refractivity contribution in [3.05, 3.63) is 0 Å². The third-order valence-corrected chi connectivity index (χ3v) is 15.8. The summed E-state index contributed by atoms with van der Waals surface area (Å²) in [4.78, 5) is 16.1. The Labute approximate surface area is 326 Å². The van der Waals surface area contributed by atoms with E-state index in [1.54, 1.807) is 0 Å². The fraction of sp³-hybridized carbons (Fsp3) is 1.00. The molecule has 0 radical (unpaired) electrons. The molecule has 0 aromatic carbocycles. The molecule has 0 aromatic rings. The molecule has 4 heterocycles. The van der Waals surface area contributed by atoms with Gasteiger partial charge < -0.3 is 33.9 Å². The first-order chi connectivity index (χ1) is 25.3. The van der Waals surface area contributed by atoms with Crippen molar-refractivity contribution in [1.29, 1.82) is 0 Å². The smallest absolute Gasteiger partial charge is 0.283 e. The van der Waals surface area contributed by atoms with Crippen molar-refractivity contribution in [2.24, 2.45) is 59.2 Å². The maximum atomic E-state index is 12.0. The second-order valence-corrected chi connectivity index (χ2v) is 19.2. The summed E-state index contributed by atoms with van der Waals surface area (Å²) in [6, 6.07) is 0. The Morgan fingerprint density at radius 1 is 0.849 bits per heavy atom. The lowest BCUT2D eigenvalue weighted by molar-refractivity contribution is -0.413. The molecule has 6 rings (SSSR count). The highest BCUT2D eigenvalue weighted by atomic mass is 79.9. The molecule has 2 aliphatic carbocycles. The van der Waals surface area contributed by atoms with Crippen LogP contribution >= 0.6 is 15.9 Å². The second kappa shape index (κ2) is 17.9. The highest BCUT2D eigenvalue weighted by Crippen LogP contribution is 2.53. The maximum Gasteiger partial charge on any atom is 0.283 e. The minimum absolute atomic E-state index is 0.0275. The number of fused-ring (bicyclic) bond motifs is 4. The topological polar surface area (TPSA) is 135 Å². The van der Waals surface area contributed by atoms with Crippen LogP contribution in [0.2, 0.25) is 0 Å². The van der Waals surface area contributed by atoms with Crippen molar-refractivity contribution in [2.45, 2.75) is 166 Å². The van der Waals surface area contributed by atoms with E-state index in [4.69, 9.17) is 38.3 Å². The molecule has 53 heavy (non-hydrogen) atoms. The third-order valence-electron chi connectivity index (χ3n) is 15.2. The summed E-state index contributed by atoms with van der Waals surface area (Å²) in [5, 5.41) is 35.3. The number of hydrogen-bond acceptors (Lipinski definition) is 11. The summed E-state index contributed by atoms with van der Waals surface area (Å²) in [6.07, 6.45) is 8.13. The molecule has 6 fully saturated rings. The Kier molecular flexibility index (Phi) is 14.4. The SMILES string of the molecule is COO[C@]1(C)CC[C@@H]2C(CO1)[C@H](C(C)C(O)CC1OC3(CCCBr)OCC(CC(O)C(C)[C@@H]4CC[C@@H](C)[C@@H]5CCC(C)OC[C@]45OO)C1O3)CC[C@H]2C. The largest absolute Gasteiger partial charge is 0.393 e. The van der Waals surface area contributed by atoms with Gasteiger partial charge in [-0.05, 0) is 118 Å². The number of halogens is 1. The van der Waals surface area contributed by atoms with Gasteiger partial charge in [0.2, 0.25) is 0 Å². The van der Waals surface area contributed by atoms with Gasteiger partial charge >= 0.3 is 0 Å². The summed E-state index contributed by atoms with van der Waals surface area (Å²) >= 11 is 3.56. The molecule has 0 spiro atoms. The van der Waals surface area contributed by atoms with Crippen LogP contribution in [-0.2, 0) is 38.3 Å². The Hall–Kier alpha value is 0.0400. The van der Waals surface area contributed by atoms with E-state index >= 15 is 0 Å². The maximum absolute atomic E-state index is 12.0. The van der Waals surface area contributed by atoms with Crippen LogP contribution in [0, 0.1) is 59.2 Å². The zero-order valence-corrected chi connectivity index (χ0v) is 35.0. The van der Waals surface area contributed by atoms with Crippen LogP contribution in [0.3, 0.4) is 0 Å². The van der Waals surface area contributed by atoms with Gasteiger partial charge in [-0.3, -0.25) is 5.26 Å². The van der Waals surface area contributed by atoms with E-state index in [0.29, 0.717) is 68.7 Å². The van der Waals surface area contributed by atoms with Crippen molar-refractivity contribution in [2.75, 3.05) is 32.3 Å². The van der Waals surface area contributed by atoms with Crippen LogP contribution in [0.15, 0.2) is 0 Å². The number of aliphatic hydroxyl groups is 2. The van der Waals surface area contributed by atoms with Crippen molar-refractivity contribution >= 4 is 15.9 Å². The van der Waals surface area contributed by atoms with Gasteiger partial charge in [0.05, 0.1) is 57.5 Å². The average molecular weight is 820 g/mol. The van der Waals surface area contributed by atoms with Crippen molar-refractivity contribution in [3.8, 4) is 0 Å². The van der Waals surface area contributed by atoms with Gasteiger partial charge in [-0.1, -0.05) is 50.0 Å². The van der Waals surface area contributed by atoms with Crippen LogP contribution in [0.25, 0.3) is 0 Å². The van der Waals surface area contributed by atoms with Gasteiger partial charge in [0, 0.05) is 30.5 Å². The summed E-state index contributed by atoms with van der Waals surface area (Å²) in [7, 11) is 1.53. The van der Waals surface area contributed by atoms with E-state index in [2.05, 4.69) is 50.5 Å². The van der Waals surface area contributed by atoms with E-state index in [-0.39, 0.29) is 47.9 Å². The fourth-order valence-electron chi connectivity index (χ4n) is 11.9. The molecule has 12 heteroatoms. The lowest BCUT2D eigenvalue weighted by Crippen LogP contribution is -2.58. The monoisotopic (exact) mass is 818 g/mol. The summed E-state index contributed by atoms with van der Waals surface area (Å²) in [5.74, 6) is 0.0427. The molecular weight excluding hydrogens is 748 g/mol. The predicted molar refractivity (Wildman–Crippen MR) is 202 cm³/mol. The molecule has 4 aliphatic heterocycles. The zero-order valence-electron chi connectivity index (χ0n) is 33.5. The normalized spacial score (nSPS) is 47.0. The summed E-state index contributed by atoms with van der Waals surface area (Å²) < 4.78 is 32.4. The van der Waals surface area contributed by atoms with Gasteiger partial charge in [-0.25, -0.2) is 14.7 Å². The van der Waals surface area contributed by atoms with E-state index in [9.17, 15) is 15.5 Å². The van der Waals surface area contributed by atoms with Crippen molar-refractivity contribution in [3.63, 3.8) is 0 Å². The average Bonchev–Trinajstić information content (AvgIpc) is 3.22. The van der Waals surface area contributed by atoms with Crippen LogP contribution < -0.4 is 0 Å². The van der Waals surface area contributed by atoms with Crippen LogP contribution in [0.5, 0.6) is 0 Å². The van der Waals surface area contributed by atoms with E-state index in [0.717, 1.165) is 63.1 Å². The lowest BCUT2D eigenvalue weighted by atomic mass is 9.59. The predicted octanol–water partition coefficient (Wildman–Crippen LogP) is 7.49. The number of ether oxygens (including phenoxy) is 5. The van der Waals surface area contributed by atoms with Crippen LogP contribution in [0.1, 0.15) is 119 Å². The van der Waals surface area contributed by atoms with Gasteiger partial charge in [0.1, 0.15) is 5.60 Å². The van der Waals surface area contributed by atoms with E-state index in [1.807, 2.05) is 6.92 Å². The molecule has 11 nitrogen and oxygen atoms in total. The molecule has 18 atom stereocenters. The third kappa shape index (κ3) is 8.89. The van der Waals surface area contributed by atoms with Gasteiger partial charge in [-0.15, -0.1) is 0 Å². The Morgan fingerprint density at radius 2 is 1.60 bits per heavy atom. The highest BCUT2D eigenvalue weighted by Gasteiger charge is 2.59. The second-order valence-electron chi connectivity index (χ2n) is 18.4. The molecule has 10 unspecified atom stereocenters. The Morgan fingerprint density at radius 3 is 2.34 bits per heavy atom. The zero-order chi connectivity index (χ0) is 38.1. The number of aliphatic hydroxyl groups excluding tert-OH is 2. The molecule has 6 aliphatic rings. The molecule has 0 aromatic heterocycles. The van der Waals surface area contributed by atoms with E-state index < -0.39 is 29.6 Å². The minimum atomic E-state index is -1.14. The standard InChI is InChI=1S/C41H71BrO11/c1-24-9-12-31(32-22-48-39(6,53-46-7)17-15-30(24)32)27(4)36(44)20-37-38-29(21-49-41(50-37,51-38)16-8-18-42)19-35(43)28(5)34-13-10-25(2)33-14-11-26(3)47-23-40(33,34)52-45/h24-38,43-45H,8-23H2,1-7H3/t24-,25-,26?,27?,28?,29?,30+,31+,32?,33+,34+,35?,36?,37?,38?,39-,40-,41?/m1/s1. The molecule has 308 valence electrons. The van der Waals surface area contributed by atoms with Crippen LogP contribution in [0.4, 0.5) is 0 Å². The number of alkyl halides is 1. The van der Waals surface area contributed by atoms with Crippen molar-refractivity contribution < 1.29 is 53.8 Å². The lowest BCUT2D eigenvalue weighted by Gasteiger charge is -2.51. The minimum Gasteiger partial charge on any atom is -0.393 e. The first kappa shape index (κ1) is 42.6. The fourth-order valence-corrected chi connectivity index (χ4v) is 12.1. The molecular formula is C41H71BrO11. The number of rotatable bonds is 14. The van der Waals surface area contributed by atoms with Gasteiger partial charge in [0.15, 0.2) is 5.79 Å². The first-order valence-electron chi connectivity index (χ1n) is 21.0. The first-order valence-corrected chi connectivity index (χ1v) is 22.1. The van der Waals surface area contributed by atoms with Gasteiger partial charge in [-0.2, -0.15) is 0 Å². The molecule has 2 saturated carbocycles. The number of hydrogen-bond donors (Lipinski definition) is 3. The highest BCUT2D eigenvalue weighted by molar-refractivity contribution is 9.09. The van der Waals surface area contributed by atoms with Gasteiger partial charge in [0.25, 0.3) is 5.97 Å². The molecule has 2 bridgehead atoms. The molecule has 3 N–H and O–H groups in total. The summed E-state index contributed by atoms with van der Waals surface area (Å²) in [5.41, 5.74) is -0.847. The van der Waals surface area contributed by atoms with Crippen LogP contribution in [-0.4, -0.2) is 95.6 Å². The Balaban J connectivity index is 1.15.